The van der Waals surface area contributed by atoms with Gasteiger partial charge in [-0.1, -0.05) is 48.5 Å². The van der Waals surface area contributed by atoms with Gasteiger partial charge in [-0.05, 0) is 29.2 Å². The lowest BCUT2D eigenvalue weighted by Crippen LogP contribution is -2.48. The maximum absolute atomic E-state index is 12.1. The van der Waals surface area contributed by atoms with Crippen LogP contribution in [0.2, 0.25) is 0 Å². The third-order valence-corrected chi connectivity index (χ3v) is 4.72. The number of carbonyl (C=O) groups excluding carboxylic acids is 1. The number of ether oxygens (including phenoxy) is 2. The first-order valence-electron chi connectivity index (χ1n) is 8.40. The summed E-state index contributed by atoms with van der Waals surface area (Å²) in [4.78, 5) is 23.4. The van der Waals surface area contributed by atoms with Crippen LogP contribution < -0.4 is 5.32 Å². The topological polar surface area (TPSA) is 84.9 Å². The zero-order valence-electron chi connectivity index (χ0n) is 14.6. The van der Waals surface area contributed by atoms with Gasteiger partial charge in [0, 0.05) is 13.0 Å². The zero-order valence-corrected chi connectivity index (χ0v) is 14.6. The van der Waals surface area contributed by atoms with Crippen LogP contribution in [-0.2, 0) is 14.3 Å². The van der Waals surface area contributed by atoms with Gasteiger partial charge < -0.3 is 19.9 Å². The molecular formula is C20H21NO5. The van der Waals surface area contributed by atoms with Gasteiger partial charge in [0.2, 0.25) is 0 Å². The van der Waals surface area contributed by atoms with Crippen LogP contribution in [-0.4, -0.2) is 43.0 Å². The number of alkyl carbamates (subject to hydrolysis) is 1. The highest BCUT2D eigenvalue weighted by atomic mass is 16.5. The summed E-state index contributed by atoms with van der Waals surface area (Å²) in [6.45, 7) is 1.70. The molecule has 26 heavy (non-hydrogen) atoms. The smallest absolute Gasteiger partial charge is 0.407 e. The van der Waals surface area contributed by atoms with Crippen LogP contribution >= 0.6 is 0 Å². The number of aliphatic carboxylic acids is 1. The van der Waals surface area contributed by atoms with Crippen molar-refractivity contribution in [3.05, 3.63) is 59.7 Å². The Bertz CT molecular complexity index is 774. The molecule has 1 aliphatic rings. The third-order valence-electron chi connectivity index (χ3n) is 4.72. The Morgan fingerprint density at radius 2 is 1.62 bits per heavy atom. The number of hydrogen-bond acceptors (Lipinski definition) is 4. The molecule has 2 aromatic carbocycles. The molecular weight excluding hydrogens is 334 g/mol. The molecule has 6 heteroatoms. The Morgan fingerprint density at radius 1 is 1.08 bits per heavy atom. The predicted octanol–water partition coefficient (Wildman–Crippen LogP) is 3.01. The molecule has 136 valence electrons. The molecule has 2 aromatic rings. The Kier molecular flexibility index (Phi) is 5.23. The molecule has 0 bridgehead atoms. The van der Waals surface area contributed by atoms with E-state index in [1.54, 1.807) is 6.92 Å². The van der Waals surface area contributed by atoms with Crippen molar-refractivity contribution < 1.29 is 24.2 Å². The van der Waals surface area contributed by atoms with Crippen molar-refractivity contribution in [2.45, 2.75) is 25.0 Å². The highest BCUT2D eigenvalue weighted by molar-refractivity contribution is 5.81. The lowest BCUT2D eigenvalue weighted by molar-refractivity contribution is -0.142. The summed E-state index contributed by atoms with van der Waals surface area (Å²) in [7, 11) is 1.39. The zero-order chi connectivity index (χ0) is 18.7. The molecule has 0 aromatic heterocycles. The van der Waals surface area contributed by atoms with Crippen molar-refractivity contribution in [2.75, 3.05) is 13.7 Å². The van der Waals surface area contributed by atoms with Gasteiger partial charge in [0.15, 0.2) is 6.04 Å². The number of carboxylic acids is 1. The molecule has 0 saturated carbocycles. The Morgan fingerprint density at radius 3 is 2.12 bits per heavy atom. The van der Waals surface area contributed by atoms with Gasteiger partial charge >= 0.3 is 12.1 Å². The maximum Gasteiger partial charge on any atom is 0.407 e. The van der Waals surface area contributed by atoms with Gasteiger partial charge in [-0.2, -0.15) is 0 Å². The summed E-state index contributed by atoms with van der Waals surface area (Å²) in [5, 5.41) is 11.6. The van der Waals surface area contributed by atoms with Crippen LogP contribution in [0.5, 0.6) is 0 Å². The first kappa shape index (κ1) is 17.9. The van der Waals surface area contributed by atoms with E-state index < -0.39 is 24.2 Å². The quantitative estimate of drug-likeness (QED) is 0.832. The Balaban J connectivity index is 1.72. The number of hydrogen-bond donors (Lipinski definition) is 2. The molecule has 0 heterocycles. The third kappa shape index (κ3) is 3.41. The summed E-state index contributed by atoms with van der Waals surface area (Å²) in [5.41, 5.74) is 4.46. The highest BCUT2D eigenvalue weighted by Crippen LogP contribution is 2.44. The molecule has 0 saturated heterocycles. The molecule has 0 unspecified atom stereocenters. The van der Waals surface area contributed by atoms with E-state index in [0.29, 0.717) is 0 Å². The van der Waals surface area contributed by atoms with Crippen LogP contribution in [0.4, 0.5) is 4.79 Å². The average molecular weight is 355 g/mol. The monoisotopic (exact) mass is 355 g/mol. The minimum atomic E-state index is -1.17. The summed E-state index contributed by atoms with van der Waals surface area (Å²) in [6, 6.07) is 14.9. The average Bonchev–Trinajstić information content (AvgIpc) is 2.97. The molecule has 0 fully saturated rings. The van der Waals surface area contributed by atoms with Crippen molar-refractivity contribution in [3.8, 4) is 11.1 Å². The number of rotatable bonds is 6. The highest BCUT2D eigenvalue weighted by Gasteiger charge is 2.31. The molecule has 2 atom stereocenters. The van der Waals surface area contributed by atoms with Crippen molar-refractivity contribution in [1.82, 2.24) is 5.32 Å². The van der Waals surface area contributed by atoms with Gasteiger partial charge in [0.1, 0.15) is 6.61 Å². The van der Waals surface area contributed by atoms with Crippen LogP contribution in [0, 0.1) is 0 Å². The van der Waals surface area contributed by atoms with Crippen molar-refractivity contribution in [2.24, 2.45) is 0 Å². The number of nitrogens with one attached hydrogen (secondary N) is 1. The number of amides is 1. The summed E-state index contributed by atoms with van der Waals surface area (Å²) in [6.07, 6.45) is -1.45. The molecule has 0 spiro atoms. The molecule has 1 aliphatic carbocycles. The van der Waals surface area contributed by atoms with Gasteiger partial charge in [-0.3, -0.25) is 0 Å². The second kappa shape index (κ2) is 7.58. The van der Waals surface area contributed by atoms with E-state index in [0.717, 1.165) is 22.3 Å². The Hall–Kier alpha value is -2.86. The van der Waals surface area contributed by atoms with E-state index in [2.05, 4.69) is 17.4 Å². The summed E-state index contributed by atoms with van der Waals surface area (Å²) < 4.78 is 10.3. The van der Waals surface area contributed by atoms with Gasteiger partial charge in [-0.25, -0.2) is 9.59 Å². The normalized spacial score (nSPS) is 14.8. The SMILES string of the molecule is CO[C@@H](C)[C@@H](NC(=O)OCC1c2ccccc2-c2ccccc21)C(=O)O. The standard InChI is InChI=1S/C20H21NO5/c1-12(25-2)18(19(22)23)21-20(24)26-11-17-15-9-5-3-7-13(15)14-8-4-6-10-16(14)17/h3-10,12,17-18H,11H2,1-2H3,(H,21,24)(H,22,23)/t12-,18+/m0/s1. The first-order valence-corrected chi connectivity index (χ1v) is 8.40. The molecule has 0 radical (unpaired) electrons. The van der Waals surface area contributed by atoms with Gasteiger partial charge in [0.25, 0.3) is 0 Å². The lowest BCUT2D eigenvalue weighted by atomic mass is 9.98. The van der Waals surface area contributed by atoms with E-state index >= 15 is 0 Å². The molecule has 3 rings (SSSR count). The van der Waals surface area contributed by atoms with E-state index in [9.17, 15) is 14.7 Å². The Labute approximate surface area is 151 Å². The molecule has 6 nitrogen and oxygen atoms in total. The largest absolute Gasteiger partial charge is 0.480 e. The van der Waals surface area contributed by atoms with E-state index in [-0.39, 0.29) is 12.5 Å². The van der Waals surface area contributed by atoms with Crippen molar-refractivity contribution in [3.63, 3.8) is 0 Å². The maximum atomic E-state index is 12.1. The molecule has 2 N–H and O–H groups in total. The number of fused-ring (bicyclic) bond motifs is 3. The number of methoxy groups -OCH3 is 1. The minimum absolute atomic E-state index is 0.0729. The van der Waals surface area contributed by atoms with E-state index in [1.807, 2.05) is 36.4 Å². The predicted molar refractivity (Wildman–Crippen MR) is 96.1 cm³/mol. The van der Waals surface area contributed by atoms with Crippen molar-refractivity contribution >= 4 is 12.1 Å². The minimum Gasteiger partial charge on any atom is -0.480 e. The summed E-state index contributed by atoms with van der Waals surface area (Å²) >= 11 is 0. The van der Waals surface area contributed by atoms with Crippen LogP contribution in [0.15, 0.2) is 48.5 Å². The fourth-order valence-corrected chi connectivity index (χ4v) is 3.28. The fraction of sp³-hybridized carbons (Fsp3) is 0.300. The van der Waals surface area contributed by atoms with E-state index in [4.69, 9.17) is 9.47 Å². The lowest BCUT2D eigenvalue weighted by Gasteiger charge is -2.21. The second-order valence-electron chi connectivity index (χ2n) is 6.23. The molecule has 1 amide bonds. The number of carbonyl (C=O) groups is 2. The van der Waals surface area contributed by atoms with Gasteiger partial charge in [-0.15, -0.1) is 0 Å². The van der Waals surface area contributed by atoms with Crippen molar-refractivity contribution in [1.29, 1.82) is 0 Å². The van der Waals surface area contributed by atoms with Gasteiger partial charge in [0.05, 0.1) is 6.10 Å². The van der Waals surface area contributed by atoms with Crippen LogP contribution in [0.3, 0.4) is 0 Å². The summed E-state index contributed by atoms with van der Waals surface area (Å²) in [5.74, 6) is -1.25. The number of carboxylic acid groups (broad SMARTS) is 1. The fourth-order valence-electron chi connectivity index (χ4n) is 3.28. The van der Waals surface area contributed by atoms with E-state index in [1.165, 1.54) is 7.11 Å². The van der Waals surface area contributed by atoms with Crippen LogP contribution in [0.1, 0.15) is 24.0 Å². The van der Waals surface area contributed by atoms with Crippen LogP contribution in [0.25, 0.3) is 11.1 Å². The number of benzene rings is 2. The molecule has 0 aliphatic heterocycles. The first-order chi connectivity index (χ1) is 12.5. The second-order valence-corrected chi connectivity index (χ2v) is 6.23.